The van der Waals surface area contributed by atoms with E-state index in [1.807, 2.05) is 6.92 Å². The molecule has 1 aliphatic rings. The summed E-state index contributed by atoms with van der Waals surface area (Å²) < 4.78 is 26.7. The molecule has 0 aliphatic heterocycles. The van der Waals surface area contributed by atoms with Gasteiger partial charge in [-0.15, -0.1) is 0 Å². The van der Waals surface area contributed by atoms with E-state index in [0.29, 0.717) is 12.1 Å². The lowest BCUT2D eigenvalue weighted by Crippen LogP contribution is -2.38. The van der Waals surface area contributed by atoms with E-state index < -0.39 is 10.0 Å². The molecule has 0 saturated heterocycles. The van der Waals surface area contributed by atoms with Gasteiger partial charge in [0.1, 0.15) is 0 Å². The van der Waals surface area contributed by atoms with Crippen molar-refractivity contribution in [2.45, 2.75) is 63.8 Å². The summed E-state index contributed by atoms with van der Waals surface area (Å²) in [5, 5.41) is 3.08. The number of rotatable bonds is 6. The van der Waals surface area contributed by atoms with Crippen LogP contribution in [-0.2, 0) is 10.0 Å². The molecule has 5 nitrogen and oxygen atoms in total. The molecule has 6 heteroatoms. The summed E-state index contributed by atoms with van der Waals surface area (Å²) in [6.45, 7) is 6.08. The Hall–Kier alpha value is -1.40. The third-order valence-electron chi connectivity index (χ3n) is 4.86. The lowest BCUT2D eigenvalue weighted by molar-refractivity contribution is 0.0921. The van der Waals surface area contributed by atoms with E-state index >= 15 is 0 Å². The molecule has 0 atom stereocenters. The van der Waals surface area contributed by atoms with E-state index in [4.69, 9.17) is 0 Å². The summed E-state index contributed by atoms with van der Waals surface area (Å²) in [6, 6.07) is 4.89. The van der Waals surface area contributed by atoms with Gasteiger partial charge in [0.15, 0.2) is 0 Å². The smallest absolute Gasteiger partial charge is 0.251 e. The van der Waals surface area contributed by atoms with Crippen LogP contribution in [0.5, 0.6) is 0 Å². The number of sulfonamides is 1. The minimum Gasteiger partial charge on any atom is -0.349 e. The Kier molecular flexibility index (Phi) is 6.40. The van der Waals surface area contributed by atoms with Crippen molar-refractivity contribution in [3.63, 3.8) is 0 Å². The fraction of sp³-hybridized carbons (Fsp3) is 0.611. The first kappa shape index (κ1) is 18.9. The van der Waals surface area contributed by atoms with Gasteiger partial charge in [0.2, 0.25) is 10.0 Å². The molecular formula is C18H28N2O3S. The lowest BCUT2D eigenvalue weighted by atomic mass is 9.84. The van der Waals surface area contributed by atoms with E-state index in [-0.39, 0.29) is 16.8 Å². The summed E-state index contributed by atoms with van der Waals surface area (Å²) in [5.74, 6) is 0.592. The van der Waals surface area contributed by atoms with Gasteiger partial charge in [0.25, 0.3) is 5.91 Å². The Morgan fingerprint density at radius 3 is 2.42 bits per heavy atom. The summed E-state index contributed by atoms with van der Waals surface area (Å²) >= 11 is 0. The van der Waals surface area contributed by atoms with Crippen LogP contribution in [0.2, 0.25) is 0 Å². The molecule has 0 spiro atoms. The minimum atomic E-state index is -3.56. The first-order valence-corrected chi connectivity index (χ1v) is 10.3. The molecule has 0 radical (unpaired) electrons. The molecular weight excluding hydrogens is 324 g/mol. The zero-order chi connectivity index (χ0) is 17.7. The van der Waals surface area contributed by atoms with Gasteiger partial charge < -0.3 is 5.32 Å². The Morgan fingerprint density at radius 1 is 1.17 bits per heavy atom. The lowest BCUT2D eigenvalue weighted by Gasteiger charge is -2.28. The van der Waals surface area contributed by atoms with Gasteiger partial charge in [0, 0.05) is 18.2 Å². The predicted octanol–water partition coefficient (Wildman–Crippen LogP) is 2.99. The zero-order valence-electron chi connectivity index (χ0n) is 14.8. The average molecular weight is 353 g/mol. The van der Waals surface area contributed by atoms with Gasteiger partial charge in [-0.05, 0) is 56.2 Å². The van der Waals surface area contributed by atoms with Crippen LogP contribution in [0.1, 0.15) is 61.9 Å². The van der Waals surface area contributed by atoms with Gasteiger partial charge in [-0.2, -0.15) is 0 Å². The van der Waals surface area contributed by atoms with E-state index in [1.54, 1.807) is 13.0 Å². The quantitative estimate of drug-likeness (QED) is 0.826. The van der Waals surface area contributed by atoms with Crippen LogP contribution < -0.4 is 10.0 Å². The van der Waals surface area contributed by atoms with Crippen LogP contribution in [0.3, 0.4) is 0 Å². The minimum absolute atomic E-state index is 0.134. The van der Waals surface area contributed by atoms with Crippen molar-refractivity contribution in [2.24, 2.45) is 5.92 Å². The van der Waals surface area contributed by atoms with Gasteiger partial charge in [-0.25, -0.2) is 13.1 Å². The number of amides is 1. The molecule has 1 aliphatic carbocycles. The molecule has 0 aromatic heterocycles. The fourth-order valence-electron chi connectivity index (χ4n) is 3.26. The van der Waals surface area contributed by atoms with Gasteiger partial charge in [-0.1, -0.05) is 26.3 Å². The molecule has 1 saturated carbocycles. The highest BCUT2D eigenvalue weighted by atomic mass is 32.2. The maximum Gasteiger partial charge on any atom is 0.251 e. The van der Waals surface area contributed by atoms with Crippen molar-refractivity contribution in [1.29, 1.82) is 0 Å². The molecule has 2 rings (SSSR count). The number of carbonyl (C=O) groups is 1. The summed E-state index contributed by atoms with van der Waals surface area (Å²) in [4.78, 5) is 12.7. The maximum atomic E-state index is 12.6. The molecule has 2 N–H and O–H groups in total. The van der Waals surface area contributed by atoms with Crippen LogP contribution in [0.15, 0.2) is 23.1 Å². The van der Waals surface area contributed by atoms with Crippen LogP contribution in [0, 0.1) is 12.8 Å². The highest BCUT2D eigenvalue weighted by Gasteiger charge is 2.23. The molecule has 1 amide bonds. The van der Waals surface area contributed by atoms with Crippen LogP contribution in [-0.4, -0.2) is 26.9 Å². The molecule has 0 unspecified atom stereocenters. The van der Waals surface area contributed by atoms with E-state index in [9.17, 15) is 13.2 Å². The fourth-order valence-corrected chi connectivity index (χ4v) is 4.33. The van der Waals surface area contributed by atoms with Gasteiger partial charge >= 0.3 is 0 Å². The SMILES string of the molecule is CCNS(=O)(=O)c1ccc(C)c(C(=O)NC2CCC(CC)CC2)c1. The first-order chi connectivity index (χ1) is 11.4. The number of nitrogens with one attached hydrogen (secondary N) is 2. The van der Waals surface area contributed by atoms with Crippen LogP contribution >= 0.6 is 0 Å². The van der Waals surface area contributed by atoms with Gasteiger partial charge in [-0.3, -0.25) is 4.79 Å². The second kappa shape index (κ2) is 8.12. The van der Waals surface area contributed by atoms with Crippen molar-refractivity contribution in [3.05, 3.63) is 29.3 Å². The zero-order valence-corrected chi connectivity index (χ0v) is 15.6. The molecule has 0 bridgehead atoms. The predicted molar refractivity (Wildman–Crippen MR) is 95.5 cm³/mol. The molecule has 0 heterocycles. The third-order valence-corrected chi connectivity index (χ3v) is 6.40. The standard InChI is InChI=1S/C18H28N2O3S/c1-4-14-7-9-15(10-8-14)20-18(21)17-12-16(11-6-13(17)3)24(22,23)19-5-2/h6,11-12,14-15,19H,4-5,7-10H2,1-3H3,(H,20,21). The molecule has 1 aromatic rings. The second-order valence-corrected chi connectivity index (χ2v) is 8.34. The number of benzene rings is 1. The number of hydrogen-bond acceptors (Lipinski definition) is 3. The Bertz CT molecular complexity index is 678. The van der Waals surface area contributed by atoms with Crippen molar-refractivity contribution in [3.8, 4) is 0 Å². The van der Waals surface area contributed by atoms with Crippen molar-refractivity contribution >= 4 is 15.9 Å². The second-order valence-electron chi connectivity index (χ2n) is 6.58. The number of aryl methyl sites for hydroxylation is 1. The van der Waals surface area contributed by atoms with Crippen molar-refractivity contribution in [2.75, 3.05) is 6.54 Å². The monoisotopic (exact) mass is 352 g/mol. The Morgan fingerprint density at radius 2 is 1.83 bits per heavy atom. The summed E-state index contributed by atoms with van der Waals surface area (Å²) in [6.07, 6.45) is 5.49. The number of hydrogen-bond donors (Lipinski definition) is 2. The summed E-state index contributed by atoms with van der Waals surface area (Å²) in [5.41, 5.74) is 1.22. The Balaban J connectivity index is 2.12. The molecule has 1 aromatic carbocycles. The normalized spacial score (nSPS) is 21.5. The van der Waals surface area contributed by atoms with Gasteiger partial charge in [0.05, 0.1) is 4.90 Å². The largest absolute Gasteiger partial charge is 0.349 e. The molecule has 134 valence electrons. The van der Waals surface area contributed by atoms with E-state index in [0.717, 1.165) is 37.2 Å². The van der Waals surface area contributed by atoms with Crippen molar-refractivity contribution < 1.29 is 13.2 Å². The number of carbonyl (C=O) groups excluding carboxylic acids is 1. The highest BCUT2D eigenvalue weighted by Crippen LogP contribution is 2.27. The first-order valence-electron chi connectivity index (χ1n) is 8.78. The van der Waals surface area contributed by atoms with Crippen molar-refractivity contribution in [1.82, 2.24) is 10.0 Å². The van der Waals surface area contributed by atoms with E-state index in [2.05, 4.69) is 17.0 Å². The topological polar surface area (TPSA) is 75.3 Å². The highest BCUT2D eigenvalue weighted by molar-refractivity contribution is 7.89. The van der Waals surface area contributed by atoms with Crippen LogP contribution in [0.4, 0.5) is 0 Å². The average Bonchev–Trinajstić information content (AvgIpc) is 2.55. The molecule has 1 fully saturated rings. The van der Waals surface area contributed by atoms with Crippen LogP contribution in [0.25, 0.3) is 0 Å². The molecule has 24 heavy (non-hydrogen) atoms. The summed E-state index contributed by atoms with van der Waals surface area (Å²) in [7, 11) is -3.56. The third kappa shape index (κ3) is 4.57. The Labute approximate surface area is 145 Å². The maximum absolute atomic E-state index is 12.6. The van der Waals surface area contributed by atoms with E-state index in [1.165, 1.54) is 18.6 Å².